The van der Waals surface area contributed by atoms with Gasteiger partial charge in [0, 0.05) is 18.5 Å². The number of nitrogens with one attached hydrogen (secondary N) is 1. The van der Waals surface area contributed by atoms with Gasteiger partial charge in [-0.15, -0.1) is 11.6 Å². The molecule has 0 saturated carbocycles. The molecule has 0 unspecified atom stereocenters. The third-order valence-electron chi connectivity index (χ3n) is 3.95. The van der Waals surface area contributed by atoms with Crippen molar-refractivity contribution in [3.8, 4) is 0 Å². The quantitative estimate of drug-likeness (QED) is 0.823. The zero-order valence-corrected chi connectivity index (χ0v) is 13.3. The Hall–Kier alpha value is -1.56. The van der Waals surface area contributed by atoms with Crippen molar-refractivity contribution in [3.63, 3.8) is 0 Å². The molecule has 5 nitrogen and oxygen atoms in total. The molecular formula is C15H14Cl2N2O3. The number of carbonyl (C=O) groups excluding carboxylic acids is 2. The van der Waals surface area contributed by atoms with E-state index in [1.165, 1.54) is 11.5 Å². The van der Waals surface area contributed by atoms with Crippen LogP contribution >= 0.6 is 23.2 Å². The van der Waals surface area contributed by atoms with Crippen LogP contribution in [0.15, 0.2) is 18.3 Å². The summed E-state index contributed by atoms with van der Waals surface area (Å²) in [6.45, 7) is 1.45. The first-order valence-corrected chi connectivity index (χ1v) is 7.72. The van der Waals surface area contributed by atoms with Gasteiger partial charge >= 0.3 is 0 Å². The Kier molecular flexibility index (Phi) is 3.89. The summed E-state index contributed by atoms with van der Waals surface area (Å²) in [5.74, 6) is -0.668. The molecule has 2 N–H and O–H groups in total. The largest absolute Gasteiger partial charge is 0.386 e. The first-order chi connectivity index (χ1) is 10.4. The fraction of sp³-hybridized carbons (Fsp3) is 0.333. The average molecular weight is 341 g/mol. The molecule has 1 amide bonds. The Labute approximate surface area is 136 Å². The number of alkyl halides is 1. The number of hydrogen-bond donors (Lipinski definition) is 2. The first-order valence-electron chi connectivity index (χ1n) is 6.80. The van der Waals surface area contributed by atoms with Crippen molar-refractivity contribution >= 4 is 45.9 Å². The van der Waals surface area contributed by atoms with Gasteiger partial charge in [-0.2, -0.15) is 0 Å². The SMILES string of the molecule is CC(=O)n1cc2c3c(ccc(Cl)c31)[C@H](O)[C@@H](NC(=O)CCl)C2. The predicted molar refractivity (Wildman–Crippen MR) is 84.6 cm³/mol. The molecule has 0 bridgehead atoms. The summed E-state index contributed by atoms with van der Waals surface area (Å²) in [6.07, 6.45) is 1.25. The number of rotatable bonds is 2. The van der Waals surface area contributed by atoms with Gasteiger partial charge in [0.05, 0.1) is 16.6 Å². The number of aliphatic hydroxyl groups is 1. The summed E-state index contributed by atoms with van der Waals surface area (Å²) in [5.41, 5.74) is 2.12. The van der Waals surface area contributed by atoms with Crippen LogP contribution in [0.25, 0.3) is 10.9 Å². The lowest BCUT2D eigenvalue weighted by atomic mass is 9.87. The summed E-state index contributed by atoms with van der Waals surface area (Å²) in [4.78, 5) is 23.3. The number of halogens is 2. The van der Waals surface area contributed by atoms with E-state index in [0.29, 0.717) is 22.5 Å². The van der Waals surface area contributed by atoms with Gasteiger partial charge in [0.1, 0.15) is 12.0 Å². The van der Waals surface area contributed by atoms with Gasteiger partial charge < -0.3 is 10.4 Å². The Bertz CT molecular complexity index is 785. The molecule has 22 heavy (non-hydrogen) atoms. The third-order valence-corrected chi connectivity index (χ3v) is 4.50. The van der Waals surface area contributed by atoms with Gasteiger partial charge in [0.25, 0.3) is 0 Å². The minimum Gasteiger partial charge on any atom is -0.386 e. The van der Waals surface area contributed by atoms with E-state index in [4.69, 9.17) is 23.2 Å². The fourth-order valence-corrected chi connectivity index (χ4v) is 3.36. The highest BCUT2D eigenvalue weighted by molar-refractivity contribution is 6.35. The minimum atomic E-state index is -0.873. The van der Waals surface area contributed by atoms with Crippen LogP contribution in [0.3, 0.4) is 0 Å². The monoisotopic (exact) mass is 340 g/mol. The van der Waals surface area contributed by atoms with Gasteiger partial charge in [0.2, 0.25) is 11.8 Å². The van der Waals surface area contributed by atoms with Crippen molar-refractivity contribution in [3.05, 3.63) is 34.5 Å². The molecule has 1 aliphatic rings. The number of amides is 1. The Morgan fingerprint density at radius 3 is 2.82 bits per heavy atom. The van der Waals surface area contributed by atoms with Crippen molar-refractivity contribution < 1.29 is 14.7 Å². The normalized spacial score (nSPS) is 20.2. The number of aliphatic hydroxyl groups excluding tert-OH is 1. The lowest BCUT2D eigenvalue weighted by Crippen LogP contribution is -2.42. The number of aromatic nitrogens is 1. The molecule has 0 spiro atoms. The summed E-state index contributed by atoms with van der Waals surface area (Å²) >= 11 is 11.7. The summed E-state index contributed by atoms with van der Waals surface area (Å²) in [5, 5.41) is 14.5. The molecule has 1 aromatic carbocycles. The number of nitrogens with zero attached hydrogens (tertiary/aromatic N) is 1. The second kappa shape index (κ2) is 5.57. The van der Waals surface area contributed by atoms with Crippen molar-refractivity contribution in [1.82, 2.24) is 9.88 Å². The summed E-state index contributed by atoms with van der Waals surface area (Å²) in [6, 6.07) is 2.89. The van der Waals surface area contributed by atoms with Crippen LogP contribution in [0.1, 0.15) is 28.9 Å². The standard InChI is InChI=1S/C15H14Cl2N2O3/c1-7(20)19-6-8-4-11(18-12(21)5-16)15(22)9-2-3-10(17)14(19)13(8)9/h2-3,6,11,15,22H,4-5H2,1H3,(H,18,21)/t11-,15-/m0/s1. The van der Waals surface area contributed by atoms with Crippen molar-refractivity contribution in [2.24, 2.45) is 0 Å². The highest BCUT2D eigenvalue weighted by Crippen LogP contribution is 2.39. The molecule has 0 fully saturated rings. The molecule has 0 radical (unpaired) electrons. The smallest absolute Gasteiger partial charge is 0.235 e. The molecule has 2 atom stereocenters. The molecule has 3 rings (SSSR count). The van der Waals surface area contributed by atoms with E-state index in [9.17, 15) is 14.7 Å². The van der Waals surface area contributed by atoms with Gasteiger partial charge in [-0.05, 0) is 23.6 Å². The molecule has 7 heteroatoms. The van der Waals surface area contributed by atoms with Crippen molar-refractivity contribution in [1.29, 1.82) is 0 Å². The molecule has 0 saturated heterocycles. The Balaban J connectivity index is 2.16. The van der Waals surface area contributed by atoms with Gasteiger partial charge in [-0.3, -0.25) is 14.2 Å². The highest BCUT2D eigenvalue weighted by Gasteiger charge is 2.32. The van der Waals surface area contributed by atoms with Crippen molar-refractivity contribution in [2.75, 3.05) is 5.88 Å². The maximum Gasteiger partial charge on any atom is 0.235 e. The number of carbonyl (C=O) groups is 2. The molecule has 0 aliphatic heterocycles. The van der Waals surface area contributed by atoms with Crippen LogP contribution in [-0.4, -0.2) is 33.4 Å². The Morgan fingerprint density at radius 2 is 2.18 bits per heavy atom. The zero-order valence-electron chi connectivity index (χ0n) is 11.8. The first kappa shape index (κ1) is 15.3. The number of benzene rings is 1. The molecule has 116 valence electrons. The molecular weight excluding hydrogens is 327 g/mol. The maximum absolute atomic E-state index is 11.8. The highest BCUT2D eigenvalue weighted by atomic mass is 35.5. The minimum absolute atomic E-state index is 0.159. The summed E-state index contributed by atoms with van der Waals surface area (Å²) in [7, 11) is 0. The van der Waals surface area contributed by atoms with Crippen LogP contribution in [0.4, 0.5) is 0 Å². The van der Waals surface area contributed by atoms with Crippen molar-refractivity contribution in [2.45, 2.75) is 25.5 Å². The van der Waals surface area contributed by atoms with E-state index in [-0.39, 0.29) is 17.7 Å². The van der Waals surface area contributed by atoms with Gasteiger partial charge in [-0.25, -0.2) is 0 Å². The third kappa shape index (κ3) is 2.29. The predicted octanol–water partition coefficient (Wildman–Crippen LogP) is 2.27. The molecule has 1 heterocycles. The van der Waals surface area contributed by atoms with Crippen LogP contribution in [0, 0.1) is 0 Å². The van der Waals surface area contributed by atoms with E-state index in [2.05, 4.69) is 5.32 Å². The van der Waals surface area contributed by atoms with E-state index >= 15 is 0 Å². The van der Waals surface area contributed by atoms with Crippen LogP contribution in [-0.2, 0) is 11.2 Å². The van der Waals surface area contributed by atoms with Crippen LogP contribution in [0.2, 0.25) is 5.02 Å². The van der Waals surface area contributed by atoms with E-state index in [1.54, 1.807) is 18.3 Å². The maximum atomic E-state index is 11.8. The zero-order chi connectivity index (χ0) is 16.0. The van der Waals surface area contributed by atoms with Crippen LogP contribution < -0.4 is 5.32 Å². The van der Waals surface area contributed by atoms with E-state index in [0.717, 1.165) is 10.9 Å². The average Bonchev–Trinajstić information content (AvgIpc) is 2.87. The van der Waals surface area contributed by atoms with E-state index < -0.39 is 12.1 Å². The second-order valence-corrected chi connectivity index (χ2v) is 6.03. The van der Waals surface area contributed by atoms with Gasteiger partial charge in [0.15, 0.2) is 0 Å². The van der Waals surface area contributed by atoms with E-state index in [1.807, 2.05) is 0 Å². The lowest BCUT2D eigenvalue weighted by molar-refractivity contribution is -0.120. The molecule has 1 aromatic heterocycles. The fourth-order valence-electron chi connectivity index (χ4n) is 3.03. The summed E-state index contributed by atoms with van der Waals surface area (Å²) < 4.78 is 1.48. The molecule has 2 aromatic rings. The number of hydrogen-bond acceptors (Lipinski definition) is 3. The lowest BCUT2D eigenvalue weighted by Gasteiger charge is -2.29. The Morgan fingerprint density at radius 1 is 1.45 bits per heavy atom. The topological polar surface area (TPSA) is 71.3 Å². The second-order valence-electron chi connectivity index (χ2n) is 5.36. The molecule has 1 aliphatic carbocycles. The van der Waals surface area contributed by atoms with Gasteiger partial charge in [-0.1, -0.05) is 17.7 Å². The van der Waals surface area contributed by atoms with Crippen LogP contribution in [0.5, 0.6) is 0 Å².